The Kier molecular flexibility index (Phi) is 5.08. The van der Waals surface area contributed by atoms with Crippen LogP contribution in [0.1, 0.15) is 40.0 Å². The second-order valence-electron chi connectivity index (χ2n) is 5.13. The maximum atomic E-state index is 11.4. The lowest BCUT2D eigenvalue weighted by atomic mass is 9.75. The highest BCUT2D eigenvalue weighted by atomic mass is 35.5. The molecule has 0 radical (unpaired) electrons. The third-order valence-electron chi connectivity index (χ3n) is 3.37. The van der Waals surface area contributed by atoms with E-state index in [4.69, 9.17) is 15.8 Å². The van der Waals surface area contributed by atoms with Gasteiger partial charge in [0.05, 0.1) is 6.10 Å². The van der Waals surface area contributed by atoms with E-state index in [0.29, 0.717) is 17.8 Å². The molecule has 0 bridgehead atoms. The zero-order valence-corrected chi connectivity index (χ0v) is 11.7. The monoisotopic (exact) mass is 268 g/mol. The van der Waals surface area contributed by atoms with Gasteiger partial charge in [-0.15, -0.1) is 11.6 Å². The zero-order valence-electron chi connectivity index (χ0n) is 10.1. The summed E-state index contributed by atoms with van der Waals surface area (Å²) in [6.07, 6.45) is 2.83. The quantitative estimate of drug-likeness (QED) is 0.582. The van der Waals surface area contributed by atoms with Crippen molar-refractivity contribution in [3.8, 4) is 0 Å². The van der Waals surface area contributed by atoms with E-state index in [1.807, 2.05) is 0 Å². The lowest BCUT2D eigenvalue weighted by Crippen LogP contribution is -2.36. The molecule has 1 rings (SSSR count). The third-order valence-corrected chi connectivity index (χ3v) is 4.97. The summed E-state index contributed by atoms with van der Waals surface area (Å²) in [7, 11) is -3.54. The van der Waals surface area contributed by atoms with Crippen molar-refractivity contribution < 1.29 is 12.6 Å². The Morgan fingerprint density at radius 3 is 2.50 bits per heavy atom. The highest BCUT2D eigenvalue weighted by molar-refractivity contribution is 7.87. The molecule has 16 heavy (non-hydrogen) atoms. The van der Waals surface area contributed by atoms with Gasteiger partial charge < -0.3 is 0 Å². The Morgan fingerprint density at radius 1 is 1.38 bits per heavy atom. The molecule has 3 atom stereocenters. The second kappa shape index (κ2) is 5.69. The first-order chi connectivity index (χ1) is 7.35. The summed E-state index contributed by atoms with van der Waals surface area (Å²) in [6, 6.07) is 0. The summed E-state index contributed by atoms with van der Waals surface area (Å²) in [6.45, 7) is 6.37. The summed E-state index contributed by atoms with van der Waals surface area (Å²) in [4.78, 5) is 0. The molecule has 1 aliphatic carbocycles. The van der Waals surface area contributed by atoms with Crippen LogP contribution in [0.2, 0.25) is 0 Å². The van der Waals surface area contributed by atoms with Crippen molar-refractivity contribution in [1.82, 2.24) is 0 Å². The van der Waals surface area contributed by atoms with Gasteiger partial charge in [0.1, 0.15) is 5.21 Å². The third kappa shape index (κ3) is 3.90. The molecule has 0 aromatic heterocycles. The van der Waals surface area contributed by atoms with Crippen LogP contribution in [0.3, 0.4) is 0 Å². The maximum absolute atomic E-state index is 11.4. The van der Waals surface area contributed by atoms with E-state index >= 15 is 0 Å². The first-order valence-electron chi connectivity index (χ1n) is 5.82. The Labute approximate surface area is 104 Å². The van der Waals surface area contributed by atoms with Crippen LogP contribution in [0.25, 0.3) is 0 Å². The summed E-state index contributed by atoms with van der Waals surface area (Å²) in [5.74, 6) is 1.31. The van der Waals surface area contributed by atoms with E-state index in [2.05, 4.69) is 20.8 Å². The lowest BCUT2D eigenvalue weighted by molar-refractivity contribution is 0.0517. The van der Waals surface area contributed by atoms with Crippen molar-refractivity contribution in [2.45, 2.75) is 46.1 Å². The molecular weight excluding hydrogens is 248 g/mol. The van der Waals surface area contributed by atoms with E-state index in [0.717, 1.165) is 19.3 Å². The molecular formula is C11H21ClO3S. The molecule has 0 spiro atoms. The first-order valence-corrected chi connectivity index (χ1v) is 7.94. The van der Waals surface area contributed by atoms with Gasteiger partial charge in [-0.2, -0.15) is 8.42 Å². The summed E-state index contributed by atoms with van der Waals surface area (Å²) >= 11 is 5.36. The molecule has 1 aliphatic rings. The van der Waals surface area contributed by atoms with Gasteiger partial charge in [-0.1, -0.05) is 27.2 Å². The van der Waals surface area contributed by atoms with Crippen LogP contribution in [-0.4, -0.2) is 19.7 Å². The minimum absolute atomic E-state index is 0.188. The minimum Gasteiger partial charge on any atom is -0.266 e. The van der Waals surface area contributed by atoms with Crippen molar-refractivity contribution in [3.05, 3.63) is 0 Å². The van der Waals surface area contributed by atoms with Crippen molar-refractivity contribution >= 4 is 21.7 Å². The smallest absolute Gasteiger partial charge is 0.266 e. The van der Waals surface area contributed by atoms with Crippen LogP contribution in [0.15, 0.2) is 0 Å². The normalized spacial score (nSPS) is 31.9. The van der Waals surface area contributed by atoms with Crippen molar-refractivity contribution in [2.24, 2.45) is 17.8 Å². The summed E-state index contributed by atoms with van der Waals surface area (Å²) in [5.41, 5.74) is 0. The van der Waals surface area contributed by atoms with Gasteiger partial charge >= 0.3 is 0 Å². The Hall–Kier alpha value is 0.200. The van der Waals surface area contributed by atoms with Crippen LogP contribution >= 0.6 is 11.6 Å². The SMILES string of the molecule is CC1CCC(C(C)C)C(OS(=O)(=O)CCl)C1. The molecule has 0 aromatic rings. The standard InChI is InChI=1S/C11H21ClO3S/c1-8(2)10-5-4-9(3)6-11(10)15-16(13,14)7-12/h8-11H,4-7H2,1-3H3. The van der Waals surface area contributed by atoms with Gasteiger partial charge in [0.2, 0.25) is 0 Å². The molecule has 0 heterocycles. The average Bonchev–Trinajstić information content (AvgIpc) is 2.16. The number of halogens is 1. The molecule has 0 aromatic carbocycles. The fourth-order valence-corrected chi connectivity index (χ4v) is 3.24. The molecule has 1 saturated carbocycles. The Bertz CT molecular complexity index is 313. The van der Waals surface area contributed by atoms with Gasteiger partial charge in [0.25, 0.3) is 10.1 Å². The van der Waals surface area contributed by atoms with E-state index in [9.17, 15) is 8.42 Å². The van der Waals surface area contributed by atoms with Crippen molar-refractivity contribution in [1.29, 1.82) is 0 Å². The predicted molar refractivity (Wildman–Crippen MR) is 65.9 cm³/mol. The van der Waals surface area contributed by atoms with Crippen LogP contribution in [-0.2, 0) is 14.3 Å². The maximum Gasteiger partial charge on any atom is 0.281 e. The van der Waals surface area contributed by atoms with Crippen LogP contribution < -0.4 is 0 Å². The molecule has 0 saturated heterocycles. The summed E-state index contributed by atoms with van der Waals surface area (Å²) < 4.78 is 28.0. The first kappa shape index (κ1) is 14.3. The highest BCUT2D eigenvalue weighted by Gasteiger charge is 2.34. The number of rotatable bonds is 4. The van der Waals surface area contributed by atoms with Gasteiger partial charge in [0, 0.05) is 0 Å². The summed E-state index contributed by atoms with van der Waals surface area (Å²) in [5, 5.41) is -0.456. The topological polar surface area (TPSA) is 43.4 Å². The zero-order chi connectivity index (χ0) is 12.3. The molecule has 0 N–H and O–H groups in total. The molecule has 1 fully saturated rings. The minimum atomic E-state index is -3.54. The predicted octanol–water partition coefficient (Wildman–Crippen LogP) is 2.99. The Balaban J connectivity index is 2.72. The molecule has 0 amide bonds. The lowest BCUT2D eigenvalue weighted by Gasteiger charge is -2.36. The van der Waals surface area contributed by atoms with E-state index in [-0.39, 0.29) is 6.10 Å². The van der Waals surface area contributed by atoms with E-state index < -0.39 is 15.3 Å². The van der Waals surface area contributed by atoms with Gasteiger partial charge in [0.15, 0.2) is 0 Å². The second-order valence-corrected chi connectivity index (χ2v) is 7.31. The van der Waals surface area contributed by atoms with E-state index in [1.165, 1.54) is 0 Å². The Morgan fingerprint density at radius 2 is 2.00 bits per heavy atom. The van der Waals surface area contributed by atoms with Crippen molar-refractivity contribution in [3.63, 3.8) is 0 Å². The largest absolute Gasteiger partial charge is 0.281 e. The fraction of sp³-hybridized carbons (Fsp3) is 1.00. The molecule has 3 nitrogen and oxygen atoms in total. The number of alkyl halides is 1. The van der Waals surface area contributed by atoms with E-state index in [1.54, 1.807) is 0 Å². The average molecular weight is 269 g/mol. The van der Waals surface area contributed by atoms with Gasteiger partial charge in [-0.25, -0.2) is 0 Å². The van der Waals surface area contributed by atoms with Gasteiger partial charge in [-0.3, -0.25) is 4.18 Å². The fourth-order valence-electron chi connectivity index (χ4n) is 2.44. The molecule has 3 unspecified atom stereocenters. The van der Waals surface area contributed by atoms with Crippen LogP contribution in [0.5, 0.6) is 0 Å². The van der Waals surface area contributed by atoms with Crippen LogP contribution in [0, 0.1) is 17.8 Å². The molecule has 5 heteroatoms. The van der Waals surface area contributed by atoms with Crippen molar-refractivity contribution in [2.75, 3.05) is 5.21 Å². The number of hydrogen-bond acceptors (Lipinski definition) is 3. The number of hydrogen-bond donors (Lipinski definition) is 0. The molecule has 96 valence electrons. The highest BCUT2D eigenvalue weighted by Crippen LogP contribution is 2.36. The van der Waals surface area contributed by atoms with Gasteiger partial charge in [-0.05, 0) is 30.6 Å². The van der Waals surface area contributed by atoms with Crippen LogP contribution in [0.4, 0.5) is 0 Å². The molecule has 0 aliphatic heterocycles.